The van der Waals surface area contributed by atoms with Crippen LogP contribution in [-0.2, 0) is 4.74 Å². The average Bonchev–Trinajstić information content (AvgIpc) is 2.88. The fourth-order valence-electron chi connectivity index (χ4n) is 2.55. The first-order valence-corrected chi connectivity index (χ1v) is 8.25. The maximum Gasteiger partial charge on any atom is 0.267 e. The Balaban J connectivity index is 2.01. The maximum atomic E-state index is 12.6. The zero-order valence-electron chi connectivity index (χ0n) is 12.7. The van der Waals surface area contributed by atoms with Crippen molar-refractivity contribution in [1.29, 1.82) is 0 Å². The lowest BCUT2D eigenvalue weighted by atomic mass is 9.95. The second-order valence-corrected chi connectivity index (χ2v) is 6.32. The topological polar surface area (TPSA) is 80.5 Å². The number of likely N-dealkylation sites (tertiary alicyclic amines) is 1. The number of nitrogens with one attached hydrogen (secondary N) is 1. The number of anilines is 2. The van der Waals surface area contributed by atoms with Gasteiger partial charge in [0.2, 0.25) is 0 Å². The maximum absolute atomic E-state index is 12.6. The number of nitrogen functional groups attached to an aromatic ring is 1. The highest BCUT2D eigenvalue weighted by molar-refractivity contribution is 7.18. The predicted octanol–water partition coefficient (Wildman–Crippen LogP) is 2.05. The molecule has 1 unspecified atom stereocenters. The van der Waals surface area contributed by atoms with Gasteiger partial charge in [-0.3, -0.25) is 4.79 Å². The van der Waals surface area contributed by atoms with Crippen molar-refractivity contribution in [3.63, 3.8) is 0 Å². The molecule has 1 saturated heterocycles. The third-order valence-electron chi connectivity index (χ3n) is 3.81. The molecule has 0 aliphatic carbocycles. The fraction of sp³-hybridized carbons (Fsp3) is 0.714. The number of thiazole rings is 1. The number of nitrogens with zero attached hydrogens (tertiary/aromatic N) is 2. The average molecular weight is 312 g/mol. The Morgan fingerprint density at radius 3 is 3.14 bits per heavy atom. The highest BCUT2D eigenvalue weighted by Gasteiger charge is 2.26. The van der Waals surface area contributed by atoms with E-state index < -0.39 is 0 Å². The Morgan fingerprint density at radius 2 is 2.43 bits per heavy atom. The van der Waals surface area contributed by atoms with Crippen LogP contribution in [0.15, 0.2) is 0 Å². The number of nitrogens with two attached hydrogens (primary N) is 1. The van der Waals surface area contributed by atoms with Crippen molar-refractivity contribution in [1.82, 2.24) is 9.88 Å². The Morgan fingerprint density at radius 1 is 1.62 bits per heavy atom. The highest BCUT2D eigenvalue weighted by Crippen LogP contribution is 2.28. The molecule has 1 aliphatic heterocycles. The van der Waals surface area contributed by atoms with Crippen molar-refractivity contribution >= 4 is 28.2 Å². The molecule has 0 bridgehead atoms. The smallest absolute Gasteiger partial charge is 0.267 e. The zero-order valence-corrected chi connectivity index (χ0v) is 13.5. The number of hydrogen-bond acceptors (Lipinski definition) is 6. The van der Waals surface area contributed by atoms with Gasteiger partial charge in [-0.15, -0.1) is 0 Å². The zero-order chi connectivity index (χ0) is 15.2. The molecule has 1 amide bonds. The number of piperidine rings is 1. The van der Waals surface area contributed by atoms with Crippen LogP contribution in [0.5, 0.6) is 0 Å². The van der Waals surface area contributed by atoms with Crippen LogP contribution >= 0.6 is 11.3 Å². The molecule has 2 heterocycles. The van der Waals surface area contributed by atoms with Crippen LogP contribution in [0, 0.1) is 5.92 Å². The van der Waals surface area contributed by atoms with Gasteiger partial charge in [-0.2, -0.15) is 0 Å². The Labute approximate surface area is 129 Å². The van der Waals surface area contributed by atoms with Crippen LogP contribution in [0.4, 0.5) is 10.9 Å². The summed E-state index contributed by atoms with van der Waals surface area (Å²) < 4.78 is 4.98. The first kappa shape index (κ1) is 16.0. The van der Waals surface area contributed by atoms with Crippen molar-refractivity contribution in [2.45, 2.75) is 26.2 Å². The van der Waals surface area contributed by atoms with Crippen LogP contribution < -0.4 is 11.1 Å². The lowest BCUT2D eigenvalue weighted by molar-refractivity contribution is 0.0677. The minimum Gasteiger partial charge on any atom is -0.383 e. The molecule has 1 aromatic heterocycles. The molecule has 3 N–H and O–H groups in total. The van der Waals surface area contributed by atoms with Gasteiger partial charge in [0.05, 0.1) is 6.61 Å². The van der Waals surface area contributed by atoms with Crippen LogP contribution in [0.1, 0.15) is 35.9 Å². The molecule has 0 saturated carbocycles. The summed E-state index contributed by atoms with van der Waals surface area (Å²) in [5.41, 5.74) is 5.90. The lowest BCUT2D eigenvalue weighted by Crippen LogP contribution is -2.39. The number of ether oxygens (including phenoxy) is 1. The van der Waals surface area contributed by atoms with E-state index in [1.165, 1.54) is 17.8 Å². The van der Waals surface area contributed by atoms with E-state index in [0.717, 1.165) is 25.9 Å². The van der Waals surface area contributed by atoms with Gasteiger partial charge in [0.1, 0.15) is 10.7 Å². The summed E-state index contributed by atoms with van der Waals surface area (Å²) in [4.78, 5) is 19.3. The monoisotopic (exact) mass is 312 g/mol. The van der Waals surface area contributed by atoms with E-state index in [2.05, 4.69) is 17.2 Å². The summed E-state index contributed by atoms with van der Waals surface area (Å²) >= 11 is 1.33. The summed E-state index contributed by atoms with van der Waals surface area (Å²) in [6, 6.07) is 0. The van der Waals surface area contributed by atoms with E-state index >= 15 is 0 Å². The first-order chi connectivity index (χ1) is 10.2. The van der Waals surface area contributed by atoms with Crippen LogP contribution in [0.2, 0.25) is 0 Å². The van der Waals surface area contributed by atoms with Crippen molar-refractivity contribution in [2.24, 2.45) is 5.92 Å². The molecule has 1 aromatic rings. The molecule has 0 spiro atoms. The third-order valence-corrected chi connectivity index (χ3v) is 4.83. The molecule has 1 aliphatic rings. The molecule has 0 aromatic carbocycles. The number of methoxy groups -OCH3 is 1. The van der Waals surface area contributed by atoms with Gasteiger partial charge in [0, 0.05) is 26.7 Å². The number of carbonyl (C=O) groups excluding carboxylic acids is 1. The van der Waals surface area contributed by atoms with Crippen LogP contribution in [-0.4, -0.2) is 49.1 Å². The number of aromatic nitrogens is 1. The molecule has 1 atom stereocenters. The highest BCUT2D eigenvalue weighted by atomic mass is 32.1. The first-order valence-electron chi connectivity index (χ1n) is 7.44. The molecular formula is C14H24N4O2S. The Hall–Kier alpha value is -1.34. The molecule has 6 nitrogen and oxygen atoms in total. The second-order valence-electron chi connectivity index (χ2n) is 5.32. The summed E-state index contributed by atoms with van der Waals surface area (Å²) in [5.74, 6) is 0.947. The Kier molecular flexibility index (Phi) is 5.81. The standard InChI is InChI=1S/C14H24N4O2S/c1-3-10-5-4-7-18(9-10)13(19)11-12(15)17-14(21-11)16-6-8-20-2/h10H,3-9,15H2,1-2H3,(H,16,17). The molecule has 0 radical (unpaired) electrons. The summed E-state index contributed by atoms with van der Waals surface area (Å²) in [5, 5.41) is 3.79. The van der Waals surface area contributed by atoms with Gasteiger partial charge in [0.25, 0.3) is 5.91 Å². The second kappa shape index (κ2) is 7.61. The van der Waals surface area contributed by atoms with Crippen molar-refractivity contribution in [2.75, 3.05) is 44.4 Å². The Bertz CT molecular complexity index is 478. The van der Waals surface area contributed by atoms with Gasteiger partial charge >= 0.3 is 0 Å². The van der Waals surface area contributed by atoms with E-state index in [0.29, 0.717) is 34.9 Å². The van der Waals surface area contributed by atoms with E-state index in [9.17, 15) is 4.79 Å². The fourth-order valence-corrected chi connectivity index (χ4v) is 3.43. The number of carbonyl (C=O) groups is 1. The van der Waals surface area contributed by atoms with Gasteiger partial charge in [-0.1, -0.05) is 24.7 Å². The van der Waals surface area contributed by atoms with Crippen molar-refractivity contribution in [3.05, 3.63) is 4.88 Å². The van der Waals surface area contributed by atoms with Gasteiger partial charge in [0.15, 0.2) is 5.13 Å². The SMILES string of the molecule is CCC1CCCN(C(=O)c2sc(NCCOC)nc2N)C1. The van der Waals surface area contributed by atoms with E-state index in [1.54, 1.807) is 7.11 Å². The molecule has 7 heteroatoms. The third kappa shape index (κ3) is 4.07. The van der Waals surface area contributed by atoms with Gasteiger partial charge in [-0.25, -0.2) is 4.98 Å². The quantitative estimate of drug-likeness (QED) is 0.786. The molecule has 118 valence electrons. The van der Waals surface area contributed by atoms with E-state index in [-0.39, 0.29) is 5.91 Å². The number of hydrogen-bond donors (Lipinski definition) is 2. The summed E-state index contributed by atoms with van der Waals surface area (Å²) in [6.45, 7) is 5.07. The minimum absolute atomic E-state index is 0.0166. The van der Waals surface area contributed by atoms with Crippen LogP contribution in [0.25, 0.3) is 0 Å². The largest absolute Gasteiger partial charge is 0.383 e. The van der Waals surface area contributed by atoms with Gasteiger partial charge < -0.3 is 20.7 Å². The van der Waals surface area contributed by atoms with E-state index in [1.807, 2.05) is 4.90 Å². The van der Waals surface area contributed by atoms with Crippen LogP contribution in [0.3, 0.4) is 0 Å². The molecular weight excluding hydrogens is 288 g/mol. The summed E-state index contributed by atoms with van der Waals surface area (Å²) in [7, 11) is 1.65. The molecule has 21 heavy (non-hydrogen) atoms. The molecule has 1 fully saturated rings. The predicted molar refractivity (Wildman–Crippen MR) is 85.8 cm³/mol. The van der Waals surface area contributed by atoms with Crippen molar-refractivity contribution < 1.29 is 9.53 Å². The molecule has 2 rings (SSSR count). The number of amides is 1. The number of rotatable bonds is 6. The van der Waals surface area contributed by atoms with E-state index in [4.69, 9.17) is 10.5 Å². The van der Waals surface area contributed by atoms with Gasteiger partial charge in [-0.05, 0) is 18.8 Å². The summed E-state index contributed by atoms with van der Waals surface area (Å²) in [6.07, 6.45) is 3.40. The normalized spacial score (nSPS) is 18.8. The van der Waals surface area contributed by atoms with Crippen molar-refractivity contribution in [3.8, 4) is 0 Å². The minimum atomic E-state index is 0.0166. The lowest BCUT2D eigenvalue weighted by Gasteiger charge is -2.32.